The fraction of sp³-hybridized carbons (Fsp3) is 0.308. The van der Waals surface area contributed by atoms with Crippen LogP contribution in [0.1, 0.15) is 29.3 Å². The molecule has 0 bridgehead atoms. The van der Waals surface area contributed by atoms with Gasteiger partial charge in [-0.1, -0.05) is 30.9 Å². The van der Waals surface area contributed by atoms with Gasteiger partial charge in [0, 0.05) is 17.5 Å². The normalized spacial score (nSPS) is 9.20. The van der Waals surface area contributed by atoms with Gasteiger partial charge in [-0.3, -0.25) is 4.79 Å². The molecule has 0 atom stereocenters. The van der Waals surface area contributed by atoms with Crippen LogP contribution in [-0.2, 0) is 0 Å². The predicted octanol–water partition coefficient (Wildman–Crippen LogP) is 1.85. The molecule has 0 aliphatic rings. The molecule has 1 aromatic rings. The summed E-state index contributed by atoms with van der Waals surface area (Å²) in [5, 5.41) is 2.95. The van der Waals surface area contributed by atoms with E-state index in [1.165, 1.54) is 0 Å². The average Bonchev–Trinajstić information content (AvgIpc) is 2.29. The highest BCUT2D eigenvalue weighted by atomic mass is 16.1. The lowest BCUT2D eigenvalue weighted by Crippen LogP contribution is -2.04. The number of hydrogen-bond acceptors (Lipinski definition) is 2. The summed E-state index contributed by atoms with van der Waals surface area (Å²) in [5.41, 5.74) is 1.70. The van der Waals surface area contributed by atoms with Gasteiger partial charge in [0.25, 0.3) is 0 Å². The molecule has 0 heterocycles. The van der Waals surface area contributed by atoms with E-state index in [2.05, 4.69) is 17.2 Å². The highest BCUT2D eigenvalue weighted by Gasteiger charge is 2.00. The van der Waals surface area contributed by atoms with E-state index >= 15 is 0 Å². The van der Waals surface area contributed by atoms with Crippen molar-refractivity contribution in [2.24, 2.45) is 0 Å². The van der Waals surface area contributed by atoms with E-state index in [4.69, 9.17) is 0 Å². The van der Waals surface area contributed by atoms with Crippen LogP contribution in [-0.4, -0.2) is 19.4 Å². The van der Waals surface area contributed by atoms with Crippen molar-refractivity contribution >= 4 is 5.78 Å². The Morgan fingerprint density at radius 1 is 1.33 bits per heavy atom. The summed E-state index contributed by atoms with van der Waals surface area (Å²) in [5.74, 6) is 6.14. The Kier molecular flexibility index (Phi) is 4.59. The largest absolute Gasteiger partial charge is 0.309 e. The van der Waals surface area contributed by atoms with Crippen LogP contribution >= 0.6 is 0 Å². The Labute approximate surface area is 90.7 Å². The molecule has 1 rings (SSSR count). The number of ketones is 1. The van der Waals surface area contributed by atoms with Gasteiger partial charge < -0.3 is 5.32 Å². The van der Waals surface area contributed by atoms with Crippen LogP contribution in [0.3, 0.4) is 0 Å². The monoisotopic (exact) mass is 201 g/mol. The summed E-state index contributed by atoms with van der Waals surface area (Å²) in [6, 6.07) is 7.42. The lowest BCUT2D eigenvalue weighted by molar-refractivity contribution is 0.0988. The van der Waals surface area contributed by atoms with Gasteiger partial charge in [-0.05, 0) is 19.2 Å². The fourth-order valence-electron chi connectivity index (χ4n) is 1.18. The zero-order chi connectivity index (χ0) is 11.1. The van der Waals surface area contributed by atoms with E-state index in [1.54, 1.807) is 0 Å². The molecule has 2 heteroatoms. The number of hydrogen-bond donors (Lipinski definition) is 1. The van der Waals surface area contributed by atoms with E-state index < -0.39 is 0 Å². The highest BCUT2D eigenvalue weighted by molar-refractivity contribution is 5.95. The Morgan fingerprint density at radius 3 is 2.53 bits per heavy atom. The highest BCUT2D eigenvalue weighted by Crippen LogP contribution is 2.05. The topological polar surface area (TPSA) is 29.1 Å². The van der Waals surface area contributed by atoms with Crippen molar-refractivity contribution in [1.82, 2.24) is 5.32 Å². The average molecular weight is 201 g/mol. The van der Waals surface area contributed by atoms with Crippen molar-refractivity contribution in [1.29, 1.82) is 0 Å². The second kappa shape index (κ2) is 6.00. The zero-order valence-corrected chi connectivity index (χ0v) is 9.13. The third kappa shape index (κ3) is 3.57. The van der Waals surface area contributed by atoms with Gasteiger partial charge in [-0.2, -0.15) is 0 Å². The molecule has 0 saturated heterocycles. The van der Waals surface area contributed by atoms with Crippen LogP contribution in [0, 0.1) is 11.8 Å². The molecule has 0 radical (unpaired) electrons. The minimum Gasteiger partial charge on any atom is -0.309 e. The standard InChI is InChI=1S/C13H15NO/c1-3-13(15)12-8-6-11(7-9-12)5-4-10-14-2/h6-9,14H,3,10H2,1-2H3. The molecule has 0 unspecified atom stereocenters. The number of carbonyl (C=O) groups excluding carboxylic acids is 1. The minimum atomic E-state index is 0.171. The van der Waals surface area contributed by atoms with E-state index in [0.717, 1.165) is 11.1 Å². The van der Waals surface area contributed by atoms with Crippen molar-refractivity contribution in [3.63, 3.8) is 0 Å². The Hall–Kier alpha value is -1.59. The second-order valence-corrected chi connectivity index (χ2v) is 3.19. The molecule has 15 heavy (non-hydrogen) atoms. The number of nitrogens with one attached hydrogen (secondary N) is 1. The Bertz CT molecular complexity index is 381. The molecular formula is C13H15NO. The van der Waals surface area contributed by atoms with Crippen LogP contribution in [0.5, 0.6) is 0 Å². The molecule has 0 spiro atoms. The number of benzene rings is 1. The van der Waals surface area contributed by atoms with Crippen LogP contribution in [0.2, 0.25) is 0 Å². The first-order valence-electron chi connectivity index (χ1n) is 5.04. The summed E-state index contributed by atoms with van der Waals surface area (Å²) in [6.07, 6.45) is 0.546. The van der Waals surface area contributed by atoms with E-state index in [0.29, 0.717) is 13.0 Å². The van der Waals surface area contributed by atoms with Gasteiger partial charge in [0.05, 0.1) is 6.54 Å². The SMILES string of the molecule is CCC(=O)c1ccc(C#CCNC)cc1. The van der Waals surface area contributed by atoms with Gasteiger partial charge in [-0.15, -0.1) is 0 Å². The molecule has 1 aromatic carbocycles. The van der Waals surface area contributed by atoms with E-state index in [-0.39, 0.29) is 5.78 Å². The lowest BCUT2D eigenvalue weighted by atomic mass is 10.1. The molecule has 0 amide bonds. The molecular weight excluding hydrogens is 186 g/mol. The molecule has 0 aromatic heterocycles. The minimum absolute atomic E-state index is 0.171. The second-order valence-electron chi connectivity index (χ2n) is 3.19. The molecule has 2 nitrogen and oxygen atoms in total. The molecule has 0 aliphatic carbocycles. The van der Waals surface area contributed by atoms with Crippen LogP contribution in [0.25, 0.3) is 0 Å². The van der Waals surface area contributed by atoms with Crippen LogP contribution in [0.4, 0.5) is 0 Å². The first-order chi connectivity index (χ1) is 7.27. The maximum atomic E-state index is 11.3. The summed E-state index contributed by atoms with van der Waals surface area (Å²) < 4.78 is 0. The van der Waals surface area contributed by atoms with Crippen molar-refractivity contribution < 1.29 is 4.79 Å². The van der Waals surface area contributed by atoms with Crippen molar-refractivity contribution in [2.75, 3.05) is 13.6 Å². The van der Waals surface area contributed by atoms with Crippen molar-refractivity contribution in [2.45, 2.75) is 13.3 Å². The molecule has 78 valence electrons. The van der Waals surface area contributed by atoms with Crippen molar-refractivity contribution in [3.8, 4) is 11.8 Å². The van der Waals surface area contributed by atoms with Crippen molar-refractivity contribution in [3.05, 3.63) is 35.4 Å². The number of Topliss-reactive ketones (excluding diaryl/α,β-unsaturated/α-hetero) is 1. The van der Waals surface area contributed by atoms with Gasteiger partial charge in [-0.25, -0.2) is 0 Å². The number of carbonyl (C=O) groups is 1. The Morgan fingerprint density at radius 2 is 2.00 bits per heavy atom. The fourth-order valence-corrected chi connectivity index (χ4v) is 1.18. The van der Waals surface area contributed by atoms with E-state index in [1.807, 2.05) is 38.2 Å². The quantitative estimate of drug-likeness (QED) is 0.597. The van der Waals surface area contributed by atoms with Gasteiger partial charge in [0.15, 0.2) is 5.78 Å². The molecule has 0 aliphatic heterocycles. The first kappa shape index (κ1) is 11.5. The predicted molar refractivity (Wildman–Crippen MR) is 61.9 cm³/mol. The van der Waals surface area contributed by atoms with Gasteiger partial charge in [0.2, 0.25) is 0 Å². The third-order valence-electron chi connectivity index (χ3n) is 2.03. The number of rotatable bonds is 3. The van der Waals surface area contributed by atoms with E-state index in [9.17, 15) is 4.79 Å². The zero-order valence-electron chi connectivity index (χ0n) is 9.13. The molecule has 1 N–H and O–H groups in total. The molecule has 0 saturated carbocycles. The van der Waals surface area contributed by atoms with Crippen LogP contribution in [0.15, 0.2) is 24.3 Å². The summed E-state index contributed by atoms with van der Waals surface area (Å²) >= 11 is 0. The summed E-state index contributed by atoms with van der Waals surface area (Å²) in [6.45, 7) is 2.54. The first-order valence-corrected chi connectivity index (χ1v) is 5.04. The maximum absolute atomic E-state index is 11.3. The molecule has 0 fully saturated rings. The van der Waals surface area contributed by atoms with Gasteiger partial charge in [0.1, 0.15) is 0 Å². The Balaban J connectivity index is 2.73. The lowest BCUT2D eigenvalue weighted by Gasteiger charge is -1.97. The third-order valence-corrected chi connectivity index (χ3v) is 2.03. The van der Waals surface area contributed by atoms with Gasteiger partial charge >= 0.3 is 0 Å². The summed E-state index contributed by atoms with van der Waals surface area (Å²) in [4.78, 5) is 11.3. The summed E-state index contributed by atoms with van der Waals surface area (Å²) in [7, 11) is 1.86. The smallest absolute Gasteiger partial charge is 0.162 e. The maximum Gasteiger partial charge on any atom is 0.162 e. The van der Waals surface area contributed by atoms with Crippen LogP contribution < -0.4 is 5.32 Å².